The molecule has 0 aromatic heterocycles. The van der Waals surface area contributed by atoms with Crippen LogP contribution in [0.5, 0.6) is 0 Å². The van der Waals surface area contributed by atoms with Crippen LogP contribution in [-0.2, 0) is 14.3 Å². The average Bonchev–Trinajstić information content (AvgIpc) is 3.29. The maximum atomic E-state index is 12.4. The number of rotatable bonds is 53. The van der Waals surface area contributed by atoms with Crippen LogP contribution in [-0.4, -0.2) is 47.4 Å². The second-order valence-corrected chi connectivity index (χ2v) is 19.6. The van der Waals surface area contributed by atoms with Crippen molar-refractivity contribution in [1.29, 1.82) is 0 Å². The average molecular weight is 903 g/mol. The van der Waals surface area contributed by atoms with Crippen molar-refractivity contribution in [3.05, 3.63) is 24.3 Å². The Morgan fingerprint density at radius 2 is 0.797 bits per heavy atom. The van der Waals surface area contributed by atoms with Gasteiger partial charge in [0.15, 0.2) is 0 Å². The summed E-state index contributed by atoms with van der Waals surface area (Å²) in [5.74, 6) is -0.126. The number of esters is 1. The summed E-state index contributed by atoms with van der Waals surface area (Å²) in [5.41, 5.74) is 0. The van der Waals surface area contributed by atoms with E-state index in [1.54, 1.807) is 0 Å². The zero-order valence-electron chi connectivity index (χ0n) is 43.0. The minimum atomic E-state index is -0.698. The normalized spacial score (nSPS) is 12.8. The third-order valence-corrected chi connectivity index (χ3v) is 13.3. The zero-order chi connectivity index (χ0) is 46.5. The molecule has 3 N–H and O–H groups in total. The highest BCUT2D eigenvalue weighted by molar-refractivity contribution is 5.76. The van der Waals surface area contributed by atoms with Crippen molar-refractivity contribution in [2.24, 2.45) is 0 Å². The Bertz CT molecular complexity index is 997. The standard InChI is InChI=1S/C58H111NO5/c1-3-5-7-9-11-13-15-17-19-21-22-24-28-32-36-40-44-48-52-58(63)64-53-49-45-41-37-33-29-25-27-31-35-39-43-47-51-57(62)59-55(54-60)56(61)50-46-42-38-34-30-26-23-20-18-16-14-12-10-8-6-4-2/h27,31,39,43,55-56,60-61H,3-26,28-30,32-38,40-42,44-54H2,1-2H3,(H,59,62)/b31-27-,43-39-. The molecular formula is C58H111NO5. The lowest BCUT2D eigenvalue weighted by molar-refractivity contribution is -0.143. The number of unbranched alkanes of at least 4 members (excludes halogenated alkanes) is 38. The van der Waals surface area contributed by atoms with Gasteiger partial charge in [0.05, 0.1) is 25.4 Å². The van der Waals surface area contributed by atoms with Crippen molar-refractivity contribution in [2.75, 3.05) is 13.2 Å². The SMILES string of the molecule is CCCCCCCCCCCCCCCCCCCCC(=O)OCCCCCCCC/C=C\C/C=C\CCC(=O)NC(CO)C(O)CCCCCCCCCCCCCCCCCC. The third-order valence-electron chi connectivity index (χ3n) is 13.3. The first-order chi connectivity index (χ1) is 31.5. The first kappa shape index (κ1) is 62.3. The smallest absolute Gasteiger partial charge is 0.305 e. The van der Waals surface area contributed by atoms with Crippen LogP contribution in [0.4, 0.5) is 0 Å². The van der Waals surface area contributed by atoms with Crippen molar-refractivity contribution >= 4 is 11.9 Å². The number of carbonyl (C=O) groups is 2. The molecular weight excluding hydrogens is 791 g/mol. The number of aliphatic hydroxyl groups is 2. The Balaban J connectivity index is 3.51. The number of hydrogen-bond acceptors (Lipinski definition) is 5. The Kier molecular flexibility index (Phi) is 52.6. The van der Waals surface area contributed by atoms with E-state index in [4.69, 9.17) is 4.74 Å². The second kappa shape index (κ2) is 54.0. The van der Waals surface area contributed by atoms with Gasteiger partial charge in [0.2, 0.25) is 5.91 Å². The predicted octanol–water partition coefficient (Wildman–Crippen LogP) is 17.5. The number of hydrogen-bond donors (Lipinski definition) is 3. The molecule has 0 heterocycles. The van der Waals surface area contributed by atoms with E-state index >= 15 is 0 Å². The largest absolute Gasteiger partial charge is 0.466 e. The van der Waals surface area contributed by atoms with Crippen LogP contribution in [0.2, 0.25) is 0 Å². The van der Waals surface area contributed by atoms with Gasteiger partial charge in [0.25, 0.3) is 0 Å². The molecule has 6 nitrogen and oxygen atoms in total. The van der Waals surface area contributed by atoms with Gasteiger partial charge < -0.3 is 20.3 Å². The van der Waals surface area contributed by atoms with Crippen molar-refractivity contribution in [3.8, 4) is 0 Å². The molecule has 0 saturated carbocycles. The quantitative estimate of drug-likeness (QED) is 0.0321. The third kappa shape index (κ3) is 49.8. The molecule has 0 aromatic carbocycles. The topological polar surface area (TPSA) is 95.9 Å². The molecule has 0 aliphatic heterocycles. The lowest BCUT2D eigenvalue weighted by Crippen LogP contribution is -2.45. The van der Waals surface area contributed by atoms with E-state index in [1.165, 1.54) is 218 Å². The highest BCUT2D eigenvalue weighted by Gasteiger charge is 2.19. The van der Waals surface area contributed by atoms with E-state index in [2.05, 4.69) is 37.4 Å². The number of aliphatic hydroxyl groups excluding tert-OH is 2. The predicted molar refractivity (Wildman–Crippen MR) is 278 cm³/mol. The second-order valence-electron chi connectivity index (χ2n) is 19.6. The molecule has 1 amide bonds. The fourth-order valence-corrected chi connectivity index (χ4v) is 8.87. The van der Waals surface area contributed by atoms with Gasteiger partial charge in [0.1, 0.15) is 0 Å². The fourth-order valence-electron chi connectivity index (χ4n) is 8.87. The van der Waals surface area contributed by atoms with Gasteiger partial charge in [0, 0.05) is 12.8 Å². The van der Waals surface area contributed by atoms with Gasteiger partial charge in [-0.2, -0.15) is 0 Å². The van der Waals surface area contributed by atoms with E-state index in [-0.39, 0.29) is 18.5 Å². The van der Waals surface area contributed by atoms with Crippen LogP contribution in [0.1, 0.15) is 309 Å². The molecule has 6 heteroatoms. The van der Waals surface area contributed by atoms with E-state index in [0.29, 0.717) is 32.3 Å². The van der Waals surface area contributed by atoms with E-state index in [1.807, 2.05) is 6.08 Å². The maximum absolute atomic E-state index is 12.4. The van der Waals surface area contributed by atoms with E-state index in [0.717, 1.165) is 51.4 Å². The Morgan fingerprint density at radius 1 is 0.438 bits per heavy atom. The van der Waals surface area contributed by atoms with Crippen molar-refractivity contribution in [2.45, 2.75) is 321 Å². The summed E-state index contributed by atoms with van der Waals surface area (Å²) in [6, 6.07) is -0.585. The number of allylic oxidation sites excluding steroid dienone is 4. The molecule has 0 bridgehead atoms. The first-order valence-corrected chi connectivity index (χ1v) is 28.6. The molecule has 378 valence electrons. The Labute approximate surface area is 399 Å². The van der Waals surface area contributed by atoms with Crippen LogP contribution in [0.15, 0.2) is 24.3 Å². The molecule has 64 heavy (non-hydrogen) atoms. The van der Waals surface area contributed by atoms with Crippen molar-refractivity contribution in [3.63, 3.8) is 0 Å². The summed E-state index contributed by atoms with van der Waals surface area (Å²) in [7, 11) is 0. The van der Waals surface area contributed by atoms with Gasteiger partial charge in [-0.25, -0.2) is 0 Å². The molecule has 0 rings (SSSR count). The highest BCUT2D eigenvalue weighted by Crippen LogP contribution is 2.17. The van der Waals surface area contributed by atoms with Crippen LogP contribution in [0.3, 0.4) is 0 Å². The Hall–Kier alpha value is -1.66. The van der Waals surface area contributed by atoms with E-state index in [9.17, 15) is 19.8 Å². The summed E-state index contributed by atoms with van der Waals surface area (Å²) < 4.78 is 5.47. The molecule has 0 saturated heterocycles. The molecule has 0 aliphatic carbocycles. The van der Waals surface area contributed by atoms with E-state index < -0.39 is 12.1 Å². The maximum Gasteiger partial charge on any atom is 0.305 e. The molecule has 2 unspecified atom stereocenters. The molecule has 0 spiro atoms. The minimum Gasteiger partial charge on any atom is -0.466 e. The molecule has 0 fully saturated rings. The molecule has 2 atom stereocenters. The van der Waals surface area contributed by atoms with Gasteiger partial charge in [-0.3, -0.25) is 9.59 Å². The summed E-state index contributed by atoms with van der Waals surface area (Å²) in [6.07, 6.45) is 64.6. The molecule has 0 aliphatic rings. The summed E-state index contributed by atoms with van der Waals surface area (Å²) in [6.45, 7) is 4.91. The minimum absolute atomic E-state index is 0.0123. The van der Waals surface area contributed by atoms with Gasteiger partial charge >= 0.3 is 5.97 Å². The fraction of sp³-hybridized carbons (Fsp3) is 0.897. The van der Waals surface area contributed by atoms with Gasteiger partial charge in [-0.15, -0.1) is 0 Å². The number of amides is 1. The number of carbonyl (C=O) groups excluding carboxylic acids is 2. The van der Waals surface area contributed by atoms with Gasteiger partial charge in [-0.1, -0.05) is 276 Å². The lowest BCUT2D eigenvalue weighted by atomic mass is 10.0. The van der Waals surface area contributed by atoms with Crippen LogP contribution in [0.25, 0.3) is 0 Å². The van der Waals surface area contributed by atoms with Crippen molar-refractivity contribution < 1.29 is 24.5 Å². The summed E-state index contributed by atoms with van der Waals surface area (Å²) >= 11 is 0. The Morgan fingerprint density at radius 3 is 1.22 bits per heavy atom. The summed E-state index contributed by atoms with van der Waals surface area (Å²) in [5, 5.41) is 23.2. The first-order valence-electron chi connectivity index (χ1n) is 28.6. The number of ether oxygens (including phenoxy) is 1. The van der Waals surface area contributed by atoms with Gasteiger partial charge in [-0.05, 0) is 44.9 Å². The van der Waals surface area contributed by atoms with Crippen LogP contribution < -0.4 is 5.32 Å². The lowest BCUT2D eigenvalue weighted by Gasteiger charge is -2.22. The molecule has 0 aromatic rings. The highest BCUT2D eigenvalue weighted by atomic mass is 16.5. The monoisotopic (exact) mass is 902 g/mol. The van der Waals surface area contributed by atoms with Crippen LogP contribution in [0, 0.1) is 0 Å². The van der Waals surface area contributed by atoms with Crippen molar-refractivity contribution in [1.82, 2.24) is 5.32 Å². The summed E-state index contributed by atoms with van der Waals surface area (Å²) in [4.78, 5) is 24.5. The number of nitrogens with one attached hydrogen (secondary N) is 1. The molecule has 0 radical (unpaired) electrons. The zero-order valence-corrected chi connectivity index (χ0v) is 43.0. The van der Waals surface area contributed by atoms with Crippen LogP contribution >= 0.6 is 0 Å².